The number of aryl methyl sites for hydroxylation is 1. The molecule has 9 heteroatoms. The zero-order valence-electron chi connectivity index (χ0n) is 19.0. The summed E-state index contributed by atoms with van der Waals surface area (Å²) in [6.45, 7) is 5.76. The van der Waals surface area contributed by atoms with Gasteiger partial charge in [-0.2, -0.15) is 5.10 Å². The second-order valence-electron chi connectivity index (χ2n) is 9.81. The molecule has 0 radical (unpaired) electrons. The highest BCUT2D eigenvalue weighted by Crippen LogP contribution is 2.33. The molecule has 0 aromatic carbocycles. The molecule has 1 aromatic rings. The number of hydrogen-bond donors (Lipinski definition) is 2. The van der Waals surface area contributed by atoms with E-state index in [4.69, 9.17) is 0 Å². The van der Waals surface area contributed by atoms with Crippen LogP contribution >= 0.6 is 0 Å². The number of aromatic nitrogens is 2. The summed E-state index contributed by atoms with van der Waals surface area (Å²) in [6, 6.07) is -0.566. The fourth-order valence-corrected chi connectivity index (χ4v) is 5.91. The summed E-state index contributed by atoms with van der Waals surface area (Å²) in [5, 5.41) is 10.4. The van der Waals surface area contributed by atoms with Crippen LogP contribution in [0.1, 0.15) is 73.6 Å². The zero-order chi connectivity index (χ0) is 22.3. The van der Waals surface area contributed by atoms with Gasteiger partial charge in [-0.05, 0) is 57.9 Å². The first-order valence-electron chi connectivity index (χ1n) is 12.3. The van der Waals surface area contributed by atoms with Crippen molar-refractivity contribution in [3.8, 4) is 0 Å². The summed E-state index contributed by atoms with van der Waals surface area (Å²) in [6.07, 6.45) is 8.22. The van der Waals surface area contributed by atoms with E-state index in [0.29, 0.717) is 38.0 Å². The van der Waals surface area contributed by atoms with Gasteiger partial charge in [0.05, 0.1) is 6.04 Å². The summed E-state index contributed by atoms with van der Waals surface area (Å²) in [7, 11) is 0. The van der Waals surface area contributed by atoms with Gasteiger partial charge < -0.3 is 15.1 Å². The average Bonchev–Trinajstić information content (AvgIpc) is 3.43. The number of aromatic amines is 1. The van der Waals surface area contributed by atoms with E-state index >= 15 is 0 Å². The molecule has 5 rings (SSSR count). The number of piperidine rings is 1. The lowest BCUT2D eigenvalue weighted by Gasteiger charge is -2.37. The normalized spacial score (nSPS) is 25.8. The van der Waals surface area contributed by atoms with Gasteiger partial charge in [-0.3, -0.25) is 19.6 Å². The van der Waals surface area contributed by atoms with E-state index in [9.17, 15) is 14.4 Å². The molecule has 0 unspecified atom stereocenters. The number of likely N-dealkylation sites (tertiary alicyclic amines) is 2. The van der Waals surface area contributed by atoms with Crippen molar-refractivity contribution in [3.05, 3.63) is 17.0 Å². The maximum absolute atomic E-state index is 13.4. The molecule has 1 aromatic heterocycles. The van der Waals surface area contributed by atoms with Crippen molar-refractivity contribution < 1.29 is 14.4 Å². The second-order valence-corrected chi connectivity index (χ2v) is 9.81. The molecule has 1 spiro atoms. The molecule has 9 nitrogen and oxygen atoms in total. The van der Waals surface area contributed by atoms with Crippen LogP contribution in [0.4, 0.5) is 4.79 Å². The number of nitrogens with one attached hydrogen (secondary N) is 2. The number of carbonyl (C=O) groups is 3. The van der Waals surface area contributed by atoms with Gasteiger partial charge in [0.25, 0.3) is 11.8 Å². The second kappa shape index (κ2) is 8.50. The van der Waals surface area contributed by atoms with Gasteiger partial charge in [-0.25, -0.2) is 4.79 Å². The quantitative estimate of drug-likeness (QED) is 0.546. The molecule has 0 bridgehead atoms. The minimum Gasteiger partial charge on any atom is -0.335 e. The third kappa shape index (κ3) is 3.60. The SMILES string of the molecule is CCCN1CCC2(CC1)NC(=O)N([C@@H]1CCN(C(=O)c3n[nH]c4c3CCCCC4)C1)C2=O. The van der Waals surface area contributed by atoms with E-state index in [0.717, 1.165) is 63.0 Å². The molecule has 3 aliphatic heterocycles. The predicted octanol–water partition coefficient (Wildman–Crippen LogP) is 1.69. The number of amides is 4. The molecule has 4 aliphatic rings. The standard InChI is InChI=1S/C23H34N6O3/c1-2-11-27-13-9-23(10-14-27)21(31)29(22(32)24-23)16-8-12-28(15-16)20(30)19-17-6-4-3-5-7-18(17)25-26-19/h16H,2-15H2,1H3,(H,24,32)(H,25,26)/t16-/m1/s1. The molecule has 32 heavy (non-hydrogen) atoms. The van der Waals surface area contributed by atoms with Gasteiger partial charge in [-0.15, -0.1) is 0 Å². The van der Waals surface area contributed by atoms with Gasteiger partial charge >= 0.3 is 6.03 Å². The van der Waals surface area contributed by atoms with Gasteiger partial charge in [-0.1, -0.05) is 13.3 Å². The molecule has 1 atom stereocenters. The number of H-pyrrole nitrogens is 1. The van der Waals surface area contributed by atoms with Gasteiger partial charge in [0, 0.05) is 37.4 Å². The monoisotopic (exact) mass is 442 g/mol. The molecule has 4 amide bonds. The highest BCUT2D eigenvalue weighted by atomic mass is 16.2. The Kier molecular flexibility index (Phi) is 5.69. The number of carbonyl (C=O) groups excluding carboxylic acids is 3. The Morgan fingerprint density at radius 1 is 1.12 bits per heavy atom. The van der Waals surface area contributed by atoms with Crippen LogP contribution in [0, 0.1) is 0 Å². The van der Waals surface area contributed by atoms with Crippen LogP contribution in [0.5, 0.6) is 0 Å². The van der Waals surface area contributed by atoms with Gasteiger partial charge in [0.2, 0.25) is 0 Å². The van der Waals surface area contributed by atoms with Crippen molar-refractivity contribution >= 4 is 17.8 Å². The van der Waals surface area contributed by atoms with Crippen LogP contribution in [0.25, 0.3) is 0 Å². The van der Waals surface area contributed by atoms with E-state index in [1.807, 2.05) is 0 Å². The van der Waals surface area contributed by atoms with E-state index < -0.39 is 5.54 Å². The van der Waals surface area contributed by atoms with Crippen molar-refractivity contribution in [2.75, 3.05) is 32.7 Å². The first kappa shape index (κ1) is 21.4. The van der Waals surface area contributed by atoms with E-state index in [1.165, 1.54) is 11.3 Å². The summed E-state index contributed by atoms with van der Waals surface area (Å²) in [4.78, 5) is 45.0. The summed E-state index contributed by atoms with van der Waals surface area (Å²) < 4.78 is 0. The Morgan fingerprint density at radius 3 is 2.69 bits per heavy atom. The highest BCUT2D eigenvalue weighted by Gasteiger charge is 2.55. The zero-order valence-corrected chi connectivity index (χ0v) is 19.0. The van der Waals surface area contributed by atoms with Crippen LogP contribution < -0.4 is 5.32 Å². The number of rotatable bonds is 4. The number of hydrogen-bond acceptors (Lipinski definition) is 5. The fourth-order valence-electron chi connectivity index (χ4n) is 5.91. The molecule has 3 fully saturated rings. The van der Waals surface area contributed by atoms with Crippen LogP contribution in [-0.2, 0) is 17.6 Å². The minimum atomic E-state index is -0.766. The van der Waals surface area contributed by atoms with Crippen molar-refractivity contribution in [2.24, 2.45) is 0 Å². The molecule has 4 heterocycles. The van der Waals surface area contributed by atoms with Crippen LogP contribution in [-0.4, -0.2) is 87.0 Å². The van der Waals surface area contributed by atoms with Crippen molar-refractivity contribution in [1.82, 2.24) is 30.2 Å². The third-order valence-corrected chi connectivity index (χ3v) is 7.77. The summed E-state index contributed by atoms with van der Waals surface area (Å²) >= 11 is 0. The van der Waals surface area contributed by atoms with Crippen molar-refractivity contribution in [2.45, 2.75) is 76.3 Å². The molecular weight excluding hydrogens is 408 g/mol. The molecule has 3 saturated heterocycles. The highest BCUT2D eigenvalue weighted by molar-refractivity contribution is 6.07. The number of nitrogens with zero attached hydrogens (tertiary/aromatic N) is 4. The molecule has 0 saturated carbocycles. The lowest BCUT2D eigenvalue weighted by molar-refractivity contribution is -0.134. The van der Waals surface area contributed by atoms with E-state index in [1.54, 1.807) is 4.90 Å². The molecule has 1 aliphatic carbocycles. The van der Waals surface area contributed by atoms with Crippen LogP contribution in [0.2, 0.25) is 0 Å². The largest absolute Gasteiger partial charge is 0.335 e. The Hall–Kier alpha value is -2.42. The van der Waals surface area contributed by atoms with Crippen molar-refractivity contribution in [1.29, 1.82) is 0 Å². The number of imide groups is 1. The Labute approximate surface area is 188 Å². The number of urea groups is 1. The summed E-state index contributed by atoms with van der Waals surface area (Å²) in [5.74, 6) is -0.187. The summed E-state index contributed by atoms with van der Waals surface area (Å²) in [5.41, 5.74) is 1.91. The van der Waals surface area contributed by atoms with Crippen LogP contribution in [0.3, 0.4) is 0 Å². The van der Waals surface area contributed by atoms with E-state index in [-0.39, 0.29) is 23.9 Å². The Balaban J connectivity index is 1.26. The molecule has 2 N–H and O–H groups in total. The smallest absolute Gasteiger partial charge is 0.325 e. The third-order valence-electron chi connectivity index (χ3n) is 7.77. The van der Waals surface area contributed by atoms with Crippen LogP contribution in [0.15, 0.2) is 0 Å². The predicted molar refractivity (Wildman–Crippen MR) is 118 cm³/mol. The lowest BCUT2D eigenvalue weighted by Crippen LogP contribution is -2.55. The Morgan fingerprint density at radius 2 is 1.91 bits per heavy atom. The Bertz CT molecular complexity index is 904. The van der Waals surface area contributed by atoms with Gasteiger partial charge in [0.15, 0.2) is 5.69 Å². The first-order valence-corrected chi connectivity index (χ1v) is 12.3. The minimum absolute atomic E-state index is 0.0819. The maximum Gasteiger partial charge on any atom is 0.325 e. The average molecular weight is 443 g/mol. The van der Waals surface area contributed by atoms with E-state index in [2.05, 4.69) is 27.3 Å². The first-order chi connectivity index (χ1) is 15.5. The van der Waals surface area contributed by atoms with Crippen molar-refractivity contribution in [3.63, 3.8) is 0 Å². The molecular formula is C23H34N6O3. The fraction of sp³-hybridized carbons (Fsp3) is 0.739. The lowest BCUT2D eigenvalue weighted by atomic mass is 9.87. The molecule has 174 valence electrons. The van der Waals surface area contributed by atoms with Gasteiger partial charge in [0.1, 0.15) is 5.54 Å². The maximum atomic E-state index is 13.4. The number of fused-ring (bicyclic) bond motifs is 1. The topological polar surface area (TPSA) is 102 Å².